The van der Waals surface area contributed by atoms with Crippen LogP contribution in [0.3, 0.4) is 0 Å². The largest absolute Gasteiger partial charge is 0.0651 e. The maximum atomic E-state index is 2.42. The van der Waals surface area contributed by atoms with Gasteiger partial charge in [-0.1, -0.05) is 53.9 Å². The third-order valence-electron chi connectivity index (χ3n) is 3.25. The molecular weight excluding hydrogens is 132 g/mol. The van der Waals surface area contributed by atoms with Gasteiger partial charge in [-0.25, -0.2) is 0 Å². The Hall–Kier alpha value is 0. The highest BCUT2D eigenvalue weighted by molar-refractivity contribution is 4.72. The summed E-state index contributed by atoms with van der Waals surface area (Å²) in [6, 6.07) is 0. The second-order valence-electron chi connectivity index (χ2n) is 4.24. The van der Waals surface area contributed by atoms with Gasteiger partial charge in [0.2, 0.25) is 0 Å². The zero-order valence-corrected chi connectivity index (χ0v) is 8.91. The van der Waals surface area contributed by atoms with Gasteiger partial charge in [-0.2, -0.15) is 0 Å². The number of rotatable bonds is 5. The van der Waals surface area contributed by atoms with E-state index in [4.69, 9.17) is 0 Å². The number of hydrogen-bond acceptors (Lipinski definition) is 0. The highest BCUT2D eigenvalue weighted by atomic mass is 14.3. The van der Waals surface area contributed by atoms with Crippen LogP contribution in [-0.4, -0.2) is 0 Å². The fraction of sp³-hybridized carbons (Fsp3) is 1.00. The van der Waals surface area contributed by atoms with Crippen molar-refractivity contribution in [2.24, 2.45) is 11.3 Å². The van der Waals surface area contributed by atoms with Crippen molar-refractivity contribution in [3.8, 4) is 0 Å². The highest BCUT2D eigenvalue weighted by Gasteiger charge is 2.21. The molecule has 0 aliphatic rings. The van der Waals surface area contributed by atoms with E-state index in [2.05, 4.69) is 34.6 Å². The van der Waals surface area contributed by atoms with Crippen molar-refractivity contribution < 1.29 is 0 Å². The molecule has 11 heavy (non-hydrogen) atoms. The van der Waals surface area contributed by atoms with Crippen molar-refractivity contribution in [1.29, 1.82) is 0 Å². The Morgan fingerprint density at radius 2 is 1.55 bits per heavy atom. The molecule has 0 heteroatoms. The van der Waals surface area contributed by atoms with Crippen LogP contribution in [0.15, 0.2) is 0 Å². The zero-order valence-electron chi connectivity index (χ0n) is 8.91. The summed E-state index contributed by atoms with van der Waals surface area (Å²) in [5.41, 5.74) is 0.607. The minimum atomic E-state index is 0.607. The third kappa shape index (κ3) is 3.79. The molecular formula is C11H24. The predicted octanol–water partition coefficient (Wildman–Crippen LogP) is 4.25. The van der Waals surface area contributed by atoms with Crippen molar-refractivity contribution in [3.63, 3.8) is 0 Å². The van der Waals surface area contributed by atoms with E-state index in [0.29, 0.717) is 5.41 Å². The average molecular weight is 156 g/mol. The smallest absolute Gasteiger partial charge is 0.0329 e. The molecule has 0 rings (SSSR count). The lowest BCUT2D eigenvalue weighted by molar-refractivity contribution is 0.225. The van der Waals surface area contributed by atoms with Gasteiger partial charge in [0.15, 0.2) is 0 Å². The highest BCUT2D eigenvalue weighted by Crippen LogP contribution is 2.33. The van der Waals surface area contributed by atoms with Crippen LogP contribution in [0.25, 0.3) is 0 Å². The Morgan fingerprint density at radius 1 is 1.09 bits per heavy atom. The van der Waals surface area contributed by atoms with Gasteiger partial charge in [0.05, 0.1) is 0 Å². The summed E-state index contributed by atoms with van der Waals surface area (Å²) in [6.45, 7) is 11.7. The molecule has 0 amide bonds. The van der Waals surface area contributed by atoms with Crippen molar-refractivity contribution in [3.05, 3.63) is 0 Å². The fourth-order valence-electron chi connectivity index (χ4n) is 1.52. The van der Waals surface area contributed by atoms with Gasteiger partial charge >= 0.3 is 0 Å². The molecule has 0 aliphatic heterocycles. The van der Waals surface area contributed by atoms with Crippen LogP contribution >= 0.6 is 0 Å². The first-order chi connectivity index (χ1) is 5.08. The van der Waals surface area contributed by atoms with E-state index in [1.54, 1.807) is 0 Å². The van der Waals surface area contributed by atoms with Crippen molar-refractivity contribution >= 4 is 0 Å². The van der Waals surface area contributed by atoms with Crippen molar-refractivity contribution in [2.75, 3.05) is 0 Å². The summed E-state index contributed by atoms with van der Waals surface area (Å²) < 4.78 is 0. The minimum Gasteiger partial charge on any atom is -0.0651 e. The van der Waals surface area contributed by atoms with Crippen LogP contribution in [0.1, 0.15) is 60.3 Å². The molecule has 0 saturated carbocycles. The van der Waals surface area contributed by atoms with E-state index in [-0.39, 0.29) is 0 Å². The Morgan fingerprint density at radius 3 is 1.82 bits per heavy atom. The normalized spacial score (nSPS) is 15.0. The van der Waals surface area contributed by atoms with E-state index < -0.39 is 0 Å². The molecule has 68 valence electrons. The Bertz CT molecular complexity index is 90.2. The zero-order chi connectivity index (χ0) is 8.91. The molecule has 0 aromatic carbocycles. The topological polar surface area (TPSA) is 0 Å². The van der Waals surface area contributed by atoms with E-state index in [1.165, 1.54) is 25.7 Å². The molecule has 0 aromatic heterocycles. The van der Waals surface area contributed by atoms with Crippen LogP contribution in [0, 0.1) is 11.3 Å². The lowest BCUT2D eigenvalue weighted by atomic mass is 9.77. The van der Waals surface area contributed by atoms with Crippen LogP contribution in [-0.2, 0) is 0 Å². The lowest BCUT2D eigenvalue weighted by Crippen LogP contribution is -2.17. The average Bonchev–Trinajstić information content (AvgIpc) is 2.04. The van der Waals surface area contributed by atoms with Gasteiger partial charge in [-0.3, -0.25) is 0 Å². The van der Waals surface area contributed by atoms with Gasteiger partial charge in [0, 0.05) is 0 Å². The molecule has 0 bridgehead atoms. The van der Waals surface area contributed by atoms with Gasteiger partial charge in [0.1, 0.15) is 0 Å². The van der Waals surface area contributed by atoms with E-state index in [0.717, 1.165) is 5.92 Å². The Labute approximate surface area is 72.4 Å². The monoisotopic (exact) mass is 156 g/mol. The predicted molar refractivity (Wildman–Crippen MR) is 52.8 cm³/mol. The van der Waals surface area contributed by atoms with Crippen LogP contribution in [0.5, 0.6) is 0 Å². The summed E-state index contributed by atoms with van der Waals surface area (Å²) in [7, 11) is 0. The second-order valence-corrected chi connectivity index (χ2v) is 4.24. The van der Waals surface area contributed by atoms with Crippen molar-refractivity contribution in [2.45, 2.75) is 60.3 Å². The first kappa shape index (κ1) is 11.0. The van der Waals surface area contributed by atoms with Gasteiger partial charge < -0.3 is 0 Å². The SMILES string of the molecule is CCC(C)CC(C)(CC)CC. The fourth-order valence-corrected chi connectivity index (χ4v) is 1.52. The Kier molecular flexibility index (Phi) is 4.79. The summed E-state index contributed by atoms with van der Waals surface area (Å²) in [4.78, 5) is 0. The summed E-state index contributed by atoms with van der Waals surface area (Å²) >= 11 is 0. The van der Waals surface area contributed by atoms with E-state index in [9.17, 15) is 0 Å². The van der Waals surface area contributed by atoms with Gasteiger partial charge in [-0.15, -0.1) is 0 Å². The van der Waals surface area contributed by atoms with Crippen LogP contribution in [0.2, 0.25) is 0 Å². The number of hydrogen-bond donors (Lipinski definition) is 0. The molecule has 0 heterocycles. The first-order valence-corrected chi connectivity index (χ1v) is 5.08. The maximum absolute atomic E-state index is 2.42. The van der Waals surface area contributed by atoms with E-state index in [1.807, 2.05) is 0 Å². The first-order valence-electron chi connectivity index (χ1n) is 5.08. The molecule has 1 atom stereocenters. The molecule has 0 saturated heterocycles. The molecule has 0 aromatic rings. The van der Waals surface area contributed by atoms with Crippen molar-refractivity contribution in [1.82, 2.24) is 0 Å². The van der Waals surface area contributed by atoms with E-state index >= 15 is 0 Å². The second kappa shape index (κ2) is 4.79. The van der Waals surface area contributed by atoms with Crippen LogP contribution < -0.4 is 0 Å². The van der Waals surface area contributed by atoms with Crippen LogP contribution in [0.4, 0.5) is 0 Å². The lowest BCUT2D eigenvalue weighted by Gasteiger charge is -2.29. The van der Waals surface area contributed by atoms with Gasteiger partial charge in [0.25, 0.3) is 0 Å². The summed E-state index contributed by atoms with van der Waals surface area (Å²) in [5.74, 6) is 0.903. The van der Waals surface area contributed by atoms with Gasteiger partial charge in [-0.05, 0) is 17.8 Å². The molecule has 0 N–H and O–H groups in total. The maximum Gasteiger partial charge on any atom is -0.0329 e. The molecule has 0 spiro atoms. The minimum absolute atomic E-state index is 0.607. The third-order valence-corrected chi connectivity index (χ3v) is 3.25. The standard InChI is InChI=1S/C11H24/c1-6-10(4)9-11(5,7-2)8-3/h10H,6-9H2,1-5H3. The summed E-state index contributed by atoms with van der Waals surface area (Å²) in [6.07, 6.45) is 5.38. The summed E-state index contributed by atoms with van der Waals surface area (Å²) in [5, 5.41) is 0. The Balaban J connectivity index is 3.86. The molecule has 0 fully saturated rings. The molecule has 0 radical (unpaired) electrons. The molecule has 0 aliphatic carbocycles. The quantitative estimate of drug-likeness (QED) is 0.558. The molecule has 1 unspecified atom stereocenters. The molecule has 0 nitrogen and oxygen atoms in total.